The Balaban J connectivity index is 1.44. The molecule has 1 aliphatic rings. The lowest BCUT2D eigenvalue weighted by Crippen LogP contribution is -2.49. The molecule has 3 rings (SSSR count). The van der Waals surface area contributed by atoms with Crippen molar-refractivity contribution in [2.75, 3.05) is 19.7 Å². The van der Waals surface area contributed by atoms with Crippen molar-refractivity contribution >= 4 is 21.8 Å². The van der Waals surface area contributed by atoms with Crippen molar-refractivity contribution in [1.29, 1.82) is 0 Å². The van der Waals surface area contributed by atoms with Gasteiger partial charge in [-0.25, -0.2) is 17.2 Å². The van der Waals surface area contributed by atoms with Gasteiger partial charge < -0.3 is 4.74 Å². The Kier molecular flexibility index (Phi) is 7.18. The fourth-order valence-electron chi connectivity index (χ4n) is 3.10. The maximum Gasteiger partial charge on any atom is 0.276 e. The molecule has 2 aromatic rings. The first kappa shape index (κ1) is 22.6. The third kappa shape index (κ3) is 5.76. The fourth-order valence-corrected chi connectivity index (χ4v) is 4.64. The summed E-state index contributed by atoms with van der Waals surface area (Å²) in [7, 11) is -3.99. The van der Waals surface area contributed by atoms with Crippen molar-refractivity contribution in [3.63, 3.8) is 0 Å². The van der Waals surface area contributed by atoms with Gasteiger partial charge in [-0.15, -0.1) is 0 Å². The number of carbonyl (C=O) groups is 2. The van der Waals surface area contributed by atoms with E-state index in [1.807, 2.05) is 0 Å². The maximum atomic E-state index is 13.9. The molecule has 0 spiro atoms. The van der Waals surface area contributed by atoms with Crippen LogP contribution in [0.2, 0.25) is 0 Å². The molecule has 1 aliphatic heterocycles. The van der Waals surface area contributed by atoms with Crippen LogP contribution in [0.3, 0.4) is 0 Å². The van der Waals surface area contributed by atoms with Gasteiger partial charge in [-0.05, 0) is 49.2 Å². The van der Waals surface area contributed by atoms with E-state index in [4.69, 9.17) is 4.74 Å². The average Bonchev–Trinajstić information content (AvgIpc) is 2.77. The number of hydrazine groups is 1. The molecular formula is C20H21F2N3O5S. The minimum absolute atomic E-state index is 0.0520. The molecule has 1 heterocycles. The molecular weight excluding hydrogens is 432 g/mol. The number of ether oxygens (including phenoxy) is 1. The second-order valence-electron chi connectivity index (χ2n) is 6.89. The van der Waals surface area contributed by atoms with E-state index >= 15 is 0 Å². The highest BCUT2D eigenvalue weighted by Crippen LogP contribution is 2.25. The van der Waals surface area contributed by atoms with Crippen LogP contribution in [0.5, 0.6) is 5.75 Å². The van der Waals surface area contributed by atoms with Gasteiger partial charge in [0.1, 0.15) is 22.3 Å². The third-order valence-corrected chi connectivity index (χ3v) is 6.72. The zero-order valence-electron chi connectivity index (χ0n) is 16.4. The van der Waals surface area contributed by atoms with E-state index in [0.29, 0.717) is 5.75 Å². The van der Waals surface area contributed by atoms with Crippen molar-refractivity contribution in [2.45, 2.75) is 17.7 Å². The van der Waals surface area contributed by atoms with E-state index in [0.717, 1.165) is 10.4 Å². The molecule has 0 aromatic heterocycles. The summed E-state index contributed by atoms with van der Waals surface area (Å²) in [6.07, 6.45) is 0.447. The van der Waals surface area contributed by atoms with Gasteiger partial charge in [-0.3, -0.25) is 20.4 Å². The van der Waals surface area contributed by atoms with Crippen LogP contribution in [0.15, 0.2) is 53.4 Å². The van der Waals surface area contributed by atoms with Crippen LogP contribution in [0, 0.1) is 17.6 Å². The van der Waals surface area contributed by atoms with Crippen LogP contribution in [-0.2, 0) is 19.6 Å². The number of amides is 2. The van der Waals surface area contributed by atoms with Gasteiger partial charge in [0.25, 0.3) is 5.91 Å². The molecule has 31 heavy (non-hydrogen) atoms. The zero-order valence-corrected chi connectivity index (χ0v) is 17.2. The van der Waals surface area contributed by atoms with Gasteiger partial charge in [0, 0.05) is 19.0 Å². The van der Waals surface area contributed by atoms with Crippen LogP contribution >= 0.6 is 0 Å². The minimum Gasteiger partial charge on any atom is -0.484 e. The fraction of sp³-hybridized carbons (Fsp3) is 0.300. The lowest BCUT2D eigenvalue weighted by Gasteiger charge is -2.30. The number of nitrogens with zero attached hydrogens (tertiary/aromatic N) is 1. The van der Waals surface area contributed by atoms with E-state index < -0.39 is 44.3 Å². The summed E-state index contributed by atoms with van der Waals surface area (Å²) in [4.78, 5) is 23.7. The predicted molar refractivity (Wildman–Crippen MR) is 106 cm³/mol. The Bertz CT molecular complexity index is 1040. The molecule has 0 bridgehead atoms. The van der Waals surface area contributed by atoms with Crippen LogP contribution in [0.25, 0.3) is 0 Å². The number of carbonyl (C=O) groups excluding carboxylic acids is 2. The van der Waals surface area contributed by atoms with Crippen molar-refractivity contribution in [2.24, 2.45) is 5.92 Å². The molecule has 8 nitrogen and oxygen atoms in total. The summed E-state index contributed by atoms with van der Waals surface area (Å²) in [5.74, 6) is -2.54. The first-order valence-electron chi connectivity index (χ1n) is 9.49. The standard InChI is InChI=1S/C20H21F2N3O5S/c21-15-5-7-16(8-6-15)30-13-19(26)23-24-20(27)14-9-11-25(12-10-14)31(28,29)18-4-2-1-3-17(18)22/h1-8,14H,9-13H2,(H,23,26)(H,24,27). The number of halogens is 2. The molecule has 0 atom stereocenters. The second kappa shape index (κ2) is 9.84. The predicted octanol–water partition coefficient (Wildman–Crippen LogP) is 1.59. The van der Waals surface area contributed by atoms with Crippen LogP contribution in [-0.4, -0.2) is 44.2 Å². The van der Waals surface area contributed by atoms with Crippen molar-refractivity contribution in [3.05, 3.63) is 60.2 Å². The summed E-state index contributed by atoms with van der Waals surface area (Å²) in [5, 5.41) is 0. The maximum absolute atomic E-state index is 13.9. The normalized spacial score (nSPS) is 15.3. The van der Waals surface area contributed by atoms with Crippen molar-refractivity contribution in [3.8, 4) is 5.75 Å². The van der Waals surface area contributed by atoms with E-state index in [1.165, 1.54) is 42.5 Å². The number of hydrogen-bond donors (Lipinski definition) is 2. The Hall–Kier alpha value is -3.05. The minimum atomic E-state index is -3.99. The monoisotopic (exact) mass is 453 g/mol. The number of nitrogens with one attached hydrogen (secondary N) is 2. The lowest BCUT2D eigenvalue weighted by atomic mass is 9.98. The van der Waals surface area contributed by atoms with E-state index in [2.05, 4.69) is 10.9 Å². The van der Waals surface area contributed by atoms with Crippen molar-refractivity contribution in [1.82, 2.24) is 15.2 Å². The van der Waals surface area contributed by atoms with Gasteiger partial charge in [-0.2, -0.15) is 4.31 Å². The highest BCUT2D eigenvalue weighted by molar-refractivity contribution is 7.89. The summed E-state index contributed by atoms with van der Waals surface area (Å²) >= 11 is 0. The molecule has 2 N–H and O–H groups in total. The molecule has 0 unspecified atom stereocenters. The van der Waals surface area contributed by atoms with Gasteiger partial charge in [-0.1, -0.05) is 12.1 Å². The highest BCUT2D eigenvalue weighted by atomic mass is 32.2. The van der Waals surface area contributed by atoms with E-state index in [1.54, 1.807) is 0 Å². The summed E-state index contributed by atoms with van der Waals surface area (Å²) in [5.41, 5.74) is 4.50. The molecule has 0 radical (unpaired) electrons. The highest BCUT2D eigenvalue weighted by Gasteiger charge is 2.33. The molecule has 11 heteroatoms. The van der Waals surface area contributed by atoms with Gasteiger partial charge in [0.2, 0.25) is 15.9 Å². The molecule has 2 amide bonds. The lowest BCUT2D eigenvalue weighted by molar-refractivity contribution is -0.132. The molecule has 1 saturated heterocycles. The van der Waals surface area contributed by atoms with Crippen molar-refractivity contribution < 1.29 is 31.5 Å². The SMILES string of the molecule is O=C(COc1ccc(F)cc1)NNC(=O)C1CCN(S(=O)(=O)c2ccccc2F)CC1. The number of piperidine rings is 1. The first-order valence-corrected chi connectivity index (χ1v) is 10.9. The van der Waals surface area contributed by atoms with E-state index in [9.17, 15) is 26.8 Å². The molecule has 0 saturated carbocycles. The number of benzene rings is 2. The summed E-state index contributed by atoms with van der Waals surface area (Å²) in [6.45, 7) is -0.280. The molecule has 0 aliphatic carbocycles. The average molecular weight is 453 g/mol. The Labute approximate surface area is 178 Å². The molecule has 1 fully saturated rings. The van der Waals surface area contributed by atoms with E-state index in [-0.39, 0.29) is 32.5 Å². The van der Waals surface area contributed by atoms with Gasteiger partial charge in [0.05, 0.1) is 0 Å². The molecule has 2 aromatic carbocycles. The Morgan fingerprint density at radius 2 is 1.65 bits per heavy atom. The topological polar surface area (TPSA) is 105 Å². The number of sulfonamides is 1. The third-order valence-electron chi connectivity index (χ3n) is 4.79. The first-order chi connectivity index (χ1) is 14.8. The van der Waals surface area contributed by atoms with Gasteiger partial charge >= 0.3 is 0 Å². The van der Waals surface area contributed by atoms with Crippen LogP contribution in [0.4, 0.5) is 8.78 Å². The quantitative estimate of drug-likeness (QED) is 0.647. The van der Waals surface area contributed by atoms with Crippen LogP contribution in [0.1, 0.15) is 12.8 Å². The summed E-state index contributed by atoms with van der Waals surface area (Å²) in [6, 6.07) is 10.2. The smallest absolute Gasteiger partial charge is 0.276 e. The number of hydrogen-bond acceptors (Lipinski definition) is 5. The number of rotatable bonds is 6. The largest absolute Gasteiger partial charge is 0.484 e. The summed E-state index contributed by atoms with van der Waals surface area (Å²) < 4.78 is 58.2. The second-order valence-corrected chi connectivity index (χ2v) is 8.80. The Morgan fingerprint density at radius 3 is 2.29 bits per heavy atom. The van der Waals surface area contributed by atoms with Gasteiger partial charge in [0.15, 0.2) is 6.61 Å². The zero-order chi connectivity index (χ0) is 22.4. The molecule has 166 valence electrons. The van der Waals surface area contributed by atoms with Crippen LogP contribution < -0.4 is 15.6 Å². The Morgan fingerprint density at radius 1 is 1.00 bits per heavy atom.